The molecule has 0 spiro atoms. The summed E-state index contributed by atoms with van der Waals surface area (Å²) in [4.78, 5) is 14.4. The Morgan fingerprint density at radius 3 is 2.50 bits per heavy atom. The molecular weight excluding hydrogens is 326 g/mol. The van der Waals surface area contributed by atoms with Gasteiger partial charge in [-0.05, 0) is 61.7 Å². The molecule has 0 bridgehead atoms. The Morgan fingerprint density at radius 2 is 1.81 bits per heavy atom. The van der Waals surface area contributed by atoms with Crippen LogP contribution in [0.4, 0.5) is 0 Å². The van der Waals surface area contributed by atoms with E-state index in [1.165, 1.54) is 11.1 Å². The summed E-state index contributed by atoms with van der Waals surface area (Å²) in [5.41, 5.74) is 5.25. The van der Waals surface area contributed by atoms with Gasteiger partial charge in [-0.25, -0.2) is 0 Å². The van der Waals surface area contributed by atoms with Crippen LogP contribution in [0.5, 0.6) is 5.75 Å². The molecule has 0 aliphatic heterocycles. The lowest BCUT2D eigenvalue weighted by Gasteiger charge is -2.17. The van der Waals surface area contributed by atoms with Crippen LogP contribution in [-0.4, -0.2) is 24.5 Å². The van der Waals surface area contributed by atoms with Gasteiger partial charge in [-0.1, -0.05) is 12.1 Å². The van der Waals surface area contributed by atoms with Gasteiger partial charge in [0.1, 0.15) is 11.3 Å². The van der Waals surface area contributed by atoms with E-state index in [0.29, 0.717) is 19.6 Å². The van der Waals surface area contributed by atoms with E-state index in [9.17, 15) is 4.79 Å². The van der Waals surface area contributed by atoms with Gasteiger partial charge in [0.15, 0.2) is 0 Å². The molecule has 136 valence electrons. The third kappa shape index (κ3) is 3.90. The number of likely N-dealkylation sites (N-methyl/N-ethyl adjacent to an activating group) is 1. The minimum Gasteiger partial charge on any atom is -0.494 e. The highest BCUT2D eigenvalue weighted by Gasteiger charge is 2.15. The Balaban J connectivity index is 1.68. The first kappa shape index (κ1) is 18.1. The highest BCUT2D eigenvalue weighted by Crippen LogP contribution is 2.25. The smallest absolute Gasteiger partial charge is 0.227 e. The van der Waals surface area contributed by atoms with Crippen molar-refractivity contribution in [1.82, 2.24) is 4.90 Å². The van der Waals surface area contributed by atoms with E-state index in [4.69, 9.17) is 9.15 Å². The van der Waals surface area contributed by atoms with Gasteiger partial charge in [0.25, 0.3) is 0 Å². The van der Waals surface area contributed by atoms with Crippen LogP contribution in [0, 0.1) is 13.8 Å². The quantitative estimate of drug-likeness (QED) is 0.649. The third-order valence-corrected chi connectivity index (χ3v) is 4.69. The van der Waals surface area contributed by atoms with Crippen LogP contribution in [-0.2, 0) is 17.8 Å². The lowest BCUT2D eigenvalue weighted by atomic mass is 10.0. The van der Waals surface area contributed by atoms with Crippen LogP contribution in [0.25, 0.3) is 11.0 Å². The molecule has 0 saturated carbocycles. The number of ether oxygens (including phenoxy) is 1. The highest BCUT2D eigenvalue weighted by molar-refractivity contribution is 5.88. The minimum atomic E-state index is 0.0693. The number of amides is 1. The van der Waals surface area contributed by atoms with Crippen molar-refractivity contribution in [1.29, 1.82) is 0 Å². The molecule has 0 unspecified atom stereocenters. The van der Waals surface area contributed by atoms with E-state index in [0.717, 1.165) is 27.8 Å². The van der Waals surface area contributed by atoms with E-state index < -0.39 is 0 Å². The van der Waals surface area contributed by atoms with Crippen molar-refractivity contribution in [2.24, 2.45) is 0 Å². The molecule has 0 aliphatic rings. The van der Waals surface area contributed by atoms with E-state index >= 15 is 0 Å². The van der Waals surface area contributed by atoms with Crippen molar-refractivity contribution in [2.75, 3.05) is 13.7 Å². The minimum absolute atomic E-state index is 0.0693. The Bertz CT molecular complexity index is 909. The predicted molar refractivity (Wildman–Crippen MR) is 103 cm³/mol. The molecule has 1 heterocycles. The van der Waals surface area contributed by atoms with Crippen molar-refractivity contribution in [3.05, 3.63) is 64.9 Å². The van der Waals surface area contributed by atoms with Gasteiger partial charge in [-0.3, -0.25) is 4.79 Å². The zero-order valence-corrected chi connectivity index (χ0v) is 15.8. The molecule has 4 nitrogen and oxygen atoms in total. The molecule has 3 rings (SSSR count). The summed E-state index contributed by atoms with van der Waals surface area (Å²) < 4.78 is 11.1. The van der Waals surface area contributed by atoms with Gasteiger partial charge in [-0.2, -0.15) is 0 Å². The molecule has 0 fully saturated rings. The third-order valence-electron chi connectivity index (χ3n) is 4.69. The van der Waals surface area contributed by atoms with Gasteiger partial charge < -0.3 is 14.1 Å². The van der Waals surface area contributed by atoms with Crippen LogP contribution >= 0.6 is 0 Å². The summed E-state index contributed by atoms with van der Waals surface area (Å²) in [5, 5.41) is 1.02. The van der Waals surface area contributed by atoms with Crippen molar-refractivity contribution in [3.8, 4) is 5.75 Å². The average molecular weight is 351 g/mol. The largest absolute Gasteiger partial charge is 0.494 e. The molecule has 4 heteroatoms. The lowest BCUT2D eigenvalue weighted by Crippen LogP contribution is -2.27. The fourth-order valence-corrected chi connectivity index (χ4v) is 2.99. The summed E-state index contributed by atoms with van der Waals surface area (Å²) in [6.45, 7) is 7.31. The number of carbonyl (C=O) groups excluding carboxylic acids is 1. The van der Waals surface area contributed by atoms with Crippen molar-refractivity contribution in [2.45, 2.75) is 33.7 Å². The number of nitrogens with zero attached hydrogens (tertiary/aromatic N) is 1. The molecule has 0 aliphatic carbocycles. The van der Waals surface area contributed by atoms with E-state index in [1.807, 2.05) is 44.3 Å². The Kier molecular flexibility index (Phi) is 5.31. The monoisotopic (exact) mass is 351 g/mol. The van der Waals surface area contributed by atoms with Crippen LogP contribution in [0.3, 0.4) is 0 Å². The first-order valence-electron chi connectivity index (χ1n) is 8.91. The number of carbonyl (C=O) groups is 1. The summed E-state index contributed by atoms with van der Waals surface area (Å²) in [5.74, 6) is 0.917. The number of furan rings is 1. The van der Waals surface area contributed by atoms with Crippen molar-refractivity contribution in [3.63, 3.8) is 0 Å². The molecule has 1 amide bonds. The molecule has 0 N–H and O–H groups in total. The Labute approximate surface area is 154 Å². The van der Waals surface area contributed by atoms with Crippen LogP contribution < -0.4 is 4.74 Å². The number of hydrogen-bond acceptors (Lipinski definition) is 3. The molecule has 0 atom stereocenters. The predicted octanol–water partition coefficient (Wildman–Crippen LogP) is 4.65. The highest BCUT2D eigenvalue weighted by atomic mass is 16.5. The standard InChI is InChI=1S/C22H25NO3/c1-5-25-19-8-6-17(7-9-19)13-23(4)22(24)12-18-14-26-21-11-16(3)15(2)10-20(18)21/h6-11,14H,5,12-13H2,1-4H3. The number of aryl methyl sites for hydroxylation is 2. The first-order valence-corrected chi connectivity index (χ1v) is 8.91. The number of rotatable bonds is 6. The second-order valence-corrected chi connectivity index (χ2v) is 6.70. The van der Waals surface area contributed by atoms with E-state index in [2.05, 4.69) is 19.9 Å². The number of fused-ring (bicyclic) bond motifs is 1. The van der Waals surface area contributed by atoms with E-state index in [-0.39, 0.29) is 5.91 Å². The van der Waals surface area contributed by atoms with Crippen LogP contribution in [0.15, 0.2) is 47.1 Å². The van der Waals surface area contributed by atoms with Gasteiger partial charge in [0, 0.05) is 24.5 Å². The van der Waals surface area contributed by atoms with E-state index in [1.54, 1.807) is 11.2 Å². The molecule has 2 aromatic carbocycles. The Morgan fingerprint density at radius 1 is 1.12 bits per heavy atom. The van der Waals surface area contributed by atoms with Crippen LogP contribution in [0.1, 0.15) is 29.2 Å². The molecule has 1 aromatic heterocycles. The fourth-order valence-electron chi connectivity index (χ4n) is 2.99. The lowest BCUT2D eigenvalue weighted by molar-refractivity contribution is -0.129. The van der Waals surface area contributed by atoms with Gasteiger partial charge in [0.05, 0.1) is 19.3 Å². The van der Waals surface area contributed by atoms with Gasteiger partial charge in [0.2, 0.25) is 5.91 Å². The maximum atomic E-state index is 12.6. The molecular formula is C22H25NO3. The maximum Gasteiger partial charge on any atom is 0.227 e. The molecule has 26 heavy (non-hydrogen) atoms. The van der Waals surface area contributed by atoms with Gasteiger partial charge in [-0.15, -0.1) is 0 Å². The second kappa shape index (κ2) is 7.65. The van der Waals surface area contributed by atoms with Crippen molar-refractivity contribution >= 4 is 16.9 Å². The van der Waals surface area contributed by atoms with Crippen molar-refractivity contribution < 1.29 is 13.9 Å². The summed E-state index contributed by atoms with van der Waals surface area (Å²) >= 11 is 0. The first-order chi connectivity index (χ1) is 12.5. The second-order valence-electron chi connectivity index (χ2n) is 6.70. The average Bonchev–Trinajstić information content (AvgIpc) is 2.99. The fraction of sp³-hybridized carbons (Fsp3) is 0.318. The van der Waals surface area contributed by atoms with Crippen LogP contribution in [0.2, 0.25) is 0 Å². The molecule has 0 saturated heterocycles. The number of hydrogen-bond donors (Lipinski definition) is 0. The summed E-state index contributed by atoms with van der Waals surface area (Å²) in [6, 6.07) is 12.0. The SMILES string of the molecule is CCOc1ccc(CN(C)C(=O)Cc2coc3cc(C)c(C)cc23)cc1. The Hall–Kier alpha value is -2.75. The zero-order valence-electron chi connectivity index (χ0n) is 15.8. The summed E-state index contributed by atoms with van der Waals surface area (Å²) in [7, 11) is 1.83. The molecule has 3 aromatic rings. The maximum absolute atomic E-state index is 12.6. The normalized spacial score (nSPS) is 10.9. The summed E-state index contributed by atoms with van der Waals surface area (Å²) in [6.07, 6.45) is 2.04. The topological polar surface area (TPSA) is 42.7 Å². The zero-order chi connectivity index (χ0) is 18.7. The molecule has 0 radical (unpaired) electrons. The number of benzene rings is 2. The van der Waals surface area contributed by atoms with Gasteiger partial charge >= 0.3 is 0 Å².